The fourth-order valence-corrected chi connectivity index (χ4v) is 4.48. The molecule has 1 atom stereocenters. The Kier molecular flexibility index (Phi) is 5.08. The Bertz CT molecular complexity index is 1230. The van der Waals surface area contributed by atoms with Gasteiger partial charge in [-0.3, -0.25) is 4.79 Å². The Morgan fingerprint density at radius 3 is 2.48 bits per heavy atom. The van der Waals surface area contributed by atoms with Crippen molar-refractivity contribution in [1.82, 2.24) is 10.1 Å². The van der Waals surface area contributed by atoms with Crippen LogP contribution in [0.4, 0.5) is 0 Å². The molecule has 0 saturated carbocycles. The Hall–Kier alpha value is -3.37. The van der Waals surface area contributed by atoms with Crippen LogP contribution >= 0.6 is 11.6 Å². The molecule has 5 heteroatoms. The maximum absolute atomic E-state index is 13.9. The first-order valence-electron chi connectivity index (χ1n) is 10.3. The maximum atomic E-state index is 13.9. The van der Waals surface area contributed by atoms with Gasteiger partial charge in [0.25, 0.3) is 5.91 Å². The van der Waals surface area contributed by atoms with Gasteiger partial charge in [-0.15, -0.1) is 0 Å². The van der Waals surface area contributed by atoms with Gasteiger partial charge in [0.15, 0.2) is 0 Å². The molecule has 2 heterocycles. The topological polar surface area (TPSA) is 46.3 Å². The molecule has 0 spiro atoms. The summed E-state index contributed by atoms with van der Waals surface area (Å²) in [6, 6.07) is 25.5. The highest BCUT2D eigenvalue weighted by Gasteiger charge is 2.35. The predicted octanol–water partition coefficient (Wildman–Crippen LogP) is 6.09. The zero-order valence-electron chi connectivity index (χ0n) is 17.1. The van der Waals surface area contributed by atoms with Crippen LogP contribution in [0.2, 0.25) is 5.02 Å². The van der Waals surface area contributed by atoms with E-state index in [4.69, 9.17) is 16.1 Å². The summed E-state index contributed by atoms with van der Waals surface area (Å²) in [7, 11) is 0. The number of amides is 1. The van der Waals surface area contributed by atoms with Crippen molar-refractivity contribution in [2.75, 3.05) is 6.54 Å². The van der Waals surface area contributed by atoms with E-state index >= 15 is 0 Å². The highest BCUT2D eigenvalue weighted by Crippen LogP contribution is 2.38. The molecule has 0 N–H and O–H groups in total. The number of benzene rings is 3. The lowest BCUT2D eigenvalue weighted by Crippen LogP contribution is -2.41. The minimum atomic E-state index is -0.201. The van der Waals surface area contributed by atoms with E-state index in [0.29, 0.717) is 28.6 Å². The van der Waals surface area contributed by atoms with Gasteiger partial charge in [0.05, 0.1) is 6.04 Å². The largest absolute Gasteiger partial charge is 0.360 e. The van der Waals surface area contributed by atoms with Crippen LogP contribution in [0.5, 0.6) is 0 Å². The maximum Gasteiger partial charge on any atom is 0.260 e. The summed E-state index contributed by atoms with van der Waals surface area (Å²) in [6.45, 7) is 2.41. The van der Waals surface area contributed by atoms with E-state index in [9.17, 15) is 4.79 Å². The molecular weight excluding hydrogens is 408 g/mol. The minimum Gasteiger partial charge on any atom is -0.360 e. The van der Waals surface area contributed by atoms with Crippen molar-refractivity contribution in [2.24, 2.45) is 0 Å². The molecular formula is C26H21ClN2O2. The fourth-order valence-electron chi connectivity index (χ4n) is 4.35. The van der Waals surface area contributed by atoms with Crippen molar-refractivity contribution < 1.29 is 9.32 Å². The summed E-state index contributed by atoms with van der Waals surface area (Å²) in [6.07, 6.45) is 0.803. The van der Waals surface area contributed by atoms with Crippen molar-refractivity contribution >= 4 is 17.5 Å². The first kappa shape index (κ1) is 19.6. The Balaban J connectivity index is 1.62. The number of rotatable bonds is 3. The van der Waals surface area contributed by atoms with Crippen molar-refractivity contribution in [3.8, 4) is 11.3 Å². The number of carbonyl (C=O) groups excluding carboxylic acids is 1. The Morgan fingerprint density at radius 2 is 1.71 bits per heavy atom. The highest BCUT2D eigenvalue weighted by molar-refractivity contribution is 6.30. The number of hydrogen-bond acceptors (Lipinski definition) is 3. The molecule has 0 saturated heterocycles. The fraction of sp³-hybridized carbons (Fsp3) is 0.154. The van der Waals surface area contributed by atoms with Gasteiger partial charge in [-0.25, -0.2) is 0 Å². The van der Waals surface area contributed by atoms with Crippen molar-refractivity contribution in [3.63, 3.8) is 0 Å². The molecule has 1 amide bonds. The molecule has 4 nitrogen and oxygen atoms in total. The molecule has 0 unspecified atom stereocenters. The monoisotopic (exact) mass is 428 g/mol. The van der Waals surface area contributed by atoms with E-state index in [1.807, 2.05) is 71.6 Å². The van der Waals surface area contributed by atoms with Crippen molar-refractivity contribution in [3.05, 3.63) is 112 Å². The smallest absolute Gasteiger partial charge is 0.260 e. The van der Waals surface area contributed by atoms with Gasteiger partial charge in [0.1, 0.15) is 17.0 Å². The molecule has 5 rings (SSSR count). The third kappa shape index (κ3) is 3.53. The zero-order chi connectivity index (χ0) is 21.4. The summed E-state index contributed by atoms with van der Waals surface area (Å²) in [5.74, 6) is 0.449. The van der Waals surface area contributed by atoms with Gasteiger partial charge in [-0.2, -0.15) is 0 Å². The number of carbonyl (C=O) groups is 1. The van der Waals surface area contributed by atoms with Crippen molar-refractivity contribution in [1.29, 1.82) is 0 Å². The van der Waals surface area contributed by atoms with E-state index in [2.05, 4.69) is 17.3 Å². The number of hydrogen-bond donors (Lipinski definition) is 0. The summed E-state index contributed by atoms with van der Waals surface area (Å²) < 4.78 is 5.47. The normalized spacial score (nSPS) is 15.5. The van der Waals surface area contributed by atoms with Crippen LogP contribution in [0.1, 0.15) is 38.9 Å². The average Bonchev–Trinajstić information content (AvgIpc) is 3.20. The molecule has 1 aliphatic rings. The second-order valence-electron chi connectivity index (χ2n) is 7.73. The van der Waals surface area contributed by atoms with Gasteiger partial charge >= 0.3 is 0 Å². The van der Waals surface area contributed by atoms with Crippen molar-refractivity contribution in [2.45, 2.75) is 19.4 Å². The third-order valence-corrected chi connectivity index (χ3v) is 6.11. The molecule has 0 radical (unpaired) electrons. The molecule has 1 aliphatic heterocycles. The van der Waals surface area contributed by atoms with Gasteiger partial charge in [-0.05, 0) is 42.2 Å². The molecule has 154 valence electrons. The Morgan fingerprint density at radius 1 is 1.00 bits per heavy atom. The number of halogens is 1. The standard InChI is InChI=1S/C26H21ClN2O2/c1-17-23(24(28-31-17)19-8-3-2-4-9-19)26(30)29-16-15-18-7-5-6-10-22(18)25(29)20-11-13-21(27)14-12-20/h2-14,25H,15-16H2,1H3/t25-/m1/s1. The predicted molar refractivity (Wildman–Crippen MR) is 121 cm³/mol. The van der Waals surface area contributed by atoms with E-state index < -0.39 is 0 Å². The van der Waals surface area contributed by atoms with Gasteiger partial charge in [-0.1, -0.05) is 83.5 Å². The molecule has 3 aromatic carbocycles. The summed E-state index contributed by atoms with van der Waals surface area (Å²) in [5.41, 5.74) is 5.39. The van der Waals surface area contributed by atoms with Crippen LogP contribution in [-0.4, -0.2) is 22.5 Å². The van der Waals surface area contributed by atoms with E-state index in [-0.39, 0.29) is 11.9 Å². The van der Waals surface area contributed by atoms with Crippen LogP contribution < -0.4 is 0 Å². The lowest BCUT2D eigenvalue weighted by molar-refractivity contribution is 0.0693. The zero-order valence-corrected chi connectivity index (χ0v) is 17.8. The second-order valence-corrected chi connectivity index (χ2v) is 8.17. The lowest BCUT2D eigenvalue weighted by Gasteiger charge is -2.38. The van der Waals surface area contributed by atoms with E-state index in [0.717, 1.165) is 23.1 Å². The molecule has 0 bridgehead atoms. The Labute approximate surface area is 186 Å². The summed E-state index contributed by atoms with van der Waals surface area (Å²) in [4.78, 5) is 15.9. The molecule has 1 aromatic heterocycles. The first-order valence-corrected chi connectivity index (χ1v) is 10.7. The molecule has 31 heavy (non-hydrogen) atoms. The van der Waals surface area contributed by atoms with Crippen LogP contribution in [0.3, 0.4) is 0 Å². The SMILES string of the molecule is Cc1onc(-c2ccccc2)c1C(=O)N1CCc2ccccc2[C@H]1c1ccc(Cl)cc1. The lowest BCUT2D eigenvalue weighted by atomic mass is 9.87. The van der Waals surface area contributed by atoms with E-state index in [1.54, 1.807) is 6.92 Å². The highest BCUT2D eigenvalue weighted by atomic mass is 35.5. The van der Waals surface area contributed by atoms with Crippen LogP contribution in [0, 0.1) is 6.92 Å². The average molecular weight is 429 g/mol. The number of aromatic nitrogens is 1. The summed E-state index contributed by atoms with van der Waals surface area (Å²) in [5, 5.41) is 4.89. The van der Waals surface area contributed by atoms with Crippen LogP contribution in [0.25, 0.3) is 11.3 Å². The summed E-state index contributed by atoms with van der Waals surface area (Å²) >= 11 is 6.14. The van der Waals surface area contributed by atoms with E-state index in [1.165, 1.54) is 5.56 Å². The third-order valence-electron chi connectivity index (χ3n) is 5.85. The number of nitrogens with zero attached hydrogens (tertiary/aromatic N) is 2. The molecule has 0 fully saturated rings. The quantitative estimate of drug-likeness (QED) is 0.396. The first-order chi connectivity index (χ1) is 15.1. The van der Waals surface area contributed by atoms with Gasteiger partial charge in [0.2, 0.25) is 0 Å². The number of aryl methyl sites for hydroxylation is 1. The molecule has 4 aromatic rings. The number of fused-ring (bicyclic) bond motifs is 1. The van der Waals surface area contributed by atoms with Gasteiger partial charge in [0, 0.05) is 17.1 Å². The van der Waals surface area contributed by atoms with Crippen LogP contribution in [-0.2, 0) is 6.42 Å². The molecule has 0 aliphatic carbocycles. The van der Waals surface area contributed by atoms with Crippen LogP contribution in [0.15, 0.2) is 83.4 Å². The van der Waals surface area contributed by atoms with Gasteiger partial charge < -0.3 is 9.42 Å². The minimum absolute atomic E-state index is 0.0768. The second kappa shape index (κ2) is 8.05.